The fraction of sp³-hybridized carbons (Fsp3) is 0.667. The average molecular weight is 225 g/mol. The molecule has 0 bridgehead atoms. The van der Waals surface area contributed by atoms with Gasteiger partial charge in [-0.2, -0.15) is 0 Å². The normalized spacial score (nSPS) is 19.9. The summed E-state index contributed by atoms with van der Waals surface area (Å²) in [6.45, 7) is 6.93. The largest absolute Gasteiger partial charge is 0.379 e. The van der Waals surface area contributed by atoms with Crippen LogP contribution in [0.25, 0.3) is 0 Å². The highest BCUT2D eigenvalue weighted by atomic mass is 32.1. The third-order valence-electron chi connectivity index (χ3n) is 3.17. The Labute approximate surface area is 95.4 Å². The first-order chi connectivity index (χ1) is 7.08. The molecule has 84 valence electrons. The van der Waals surface area contributed by atoms with Crippen molar-refractivity contribution < 1.29 is 4.74 Å². The van der Waals surface area contributed by atoms with Crippen molar-refractivity contribution in [2.24, 2.45) is 11.1 Å². The molecule has 1 aliphatic rings. The third kappa shape index (κ3) is 2.10. The van der Waals surface area contributed by atoms with Crippen LogP contribution in [0.4, 0.5) is 0 Å². The third-order valence-corrected chi connectivity index (χ3v) is 4.29. The van der Waals surface area contributed by atoms with Gasteiger partial charge in [0.25, 0.3) is 0 Å². The van der Waals surface area contributed by atoms with Crippen LogP contribution in [-0.4, -0.2) is 19.8 Å². The maximum atomic E-state index is 5.81. The van der Waals surface area contributed by atoms with Crippen LogP contribution in [-0.2, 0) is 10.2 Å². The molecule has 0 aliphatic carbocycles. The molecule has 0 radical (unpaired) electrons. The smallest absolute Gasteiger partial charge is 0.0593 e. The lowest BCUT2D eigenvalue weighted by Gasteiger charge is -2.45. The van der Waals surface area contributed by atoms with Gasteiger partial charge in [-0.25, -0.2) is 0 Å². The SMILES string of the molecule is CC(C)(CN)CC1(c2cccs2)COC1. The van der Waals surface area contributed by atoms with Crippen molar-refractivity contribution in [2.75, 3.05) is 19.8 Å². The van der Waals surface area contributed by atoms with Gasteiger partial charge in [-0.15, -0.1) is 11.3 Å². The van der Waals surface area contributed by atoms with Crippen molar-refractivity contribution in [1.29, 1.82) is 0 Å². The Hall–Kier alpha value is -0.380. The molecule has 0 atom stereocenters. The van der Waals surface area contributed by atoms with Crippen LogP contribution in [0.1, 0.15) is 25.1 Å². The Balaban J connectivity index is 2.17. The van der Waals surface area contributed by atoms with E-state index in [1.807, 2.05) is 11.3 Å². The molecule has 1 aliphatic heterocycles. The zero-order valence-corrected chi connectivity index (χ0v) is 10.3. The van der Waals surface area contributed by atoms with Crippen LogP contribution in [0.3, 0.4) is 0 Å². The summed E-state index contributed by atoms with van der Waals surface area (Å²) in [6.07, 6.45) is 1.12. The van der Waals surface area contributed by atoms with E-state index in [1.54, 1.807) is 0 Å². The van der Waals surface area contributed by atoms with Crippen LogP contribution in [0.2, 0.25) is 0 Å². The van der Waals surface area contributed by atoms with Crippen molar-refractivity contribution >= 4 is 11.3 Å². The number of hydrogen-bond donors (Lipinski definition) is 1. The first-order valence-electron chi connectivity index (χ1n) is 5.40. The summed E-state index contributed by atoms with van der Waals surface area (Å²) in [5, 5.41) is 2.14. The topological polar surface area (TPSA) is 35.2 Å². The Morgan fingerprint density at radius 3 is 2.67 bits per heavy atom. The van der Waals surface area contributed by atoms with E-state index in [0.29, 0.717) is 0 Å². The van der Waals surface area contributed by atoms with Gasteiger partial charge in [-0.1, -0.05) is 19.9 Å². The van der Waals surface area contributed by atoms with Crippen molar-refractivity contribution in [3.05, 3.63) is 22.4 Å². The molecule has 1 aromatic heterocycles. The van der Waals surface area contributed by atoms with E-state index in [1.165, 1.54) is 4.88 Å². The minimum absolute atomic E-state index is 0.202. The molecule has 3 heteroatoms. The van der Waals surface area contributed by atoms with Crippen LogP contribution >= 0.6 is 11.3 Å². The van der Waals surface area contributed by atoms with Gasteiger partial charge in [0, 0.05) is 4.88 Å². The molecule has 1 aromatic rings. The summed E-state index contributed by atoms with van der Waals surface area (Å²) >= 11 is 1.84. The van der Waals surface area contributed by atoms with E-state index in [9.17, 15) is 0 Å². The number of hydrogen-bond acceptors (Lipinski definition) is 3. The summed E-state index contributed by atoms with van der Waals surface area (Å²) in [6, 6.07) is 4.34. The lowest BCUT2D eigenvalue weighted by atomic mass is 9.70. The molecule has 2 N–H and O–H groups in total. The van der Waals surface area contributed by atoms with Crippen LogP contribution < -0.4 is 5.73 Å². The zero-order chi connectivity index (χ0) is 10.9. The molecule has 1 saturated heterocycles. The zero-order valence-electron chi connectivity index (χ0n) is 9.45. The fourth-order valence-corrected chi connectivity index (χ4v) is 3.15. The molecule has 0 aromatic carbocycles. The standard InChI is InChI=1S/C12H19NOS/c1-11(2,7-13)6-12(8-14-9-12)10-4-3-5-15-10/h3-5H,6-9,13H2,1-2H3. The first-order valence-corrected chi connectivity index (χ1v) is 6.28. The van der Waals surface area contributed by atoms with Gasteiger partial charge in [-0.05, 0) is 29.8 Å². The van der Waals surface area contributed by atoms with Gasteiger partial charge in [0.15, 0.2) is 0 Å². The summed E-state index contributed by atoms with van der Waals surface area (Å²) in [5.74, 6) is 0. The second-order valence-electron chi connectivity index (χ2n) is 5.30. The summed E-state index contributed by atoms with van der Waals surface area (Å²) < 4.78 is 5.42. The van der Waals surface area contributed by atoms with E-state index in [-0.39, 0.29) is 10.8 Å². The summed E-state index contributed by atoms with van der Waals surface area (Å²) in [5.41, 5.74) is 6.26. The molecule has 2 nitrogen and oxygen atoms in total. The predicted molar refractivity (Wildman–Crippen MR) is 64.3 cm³/mol. The summed E-state index contributed by atoms with van der Waals surface area (Å²) in [4.78, 5) is 1.45. The van der Waals surface area contributed by atoms with Crippen LogP contribution in [0.15, 0.2) is 17.5 Å². The van der Waals surface area contributed by atoms with Gasteiger partial charge >= 0.3 is 0 Å². The van der Waals surface area contributed by atoms with Gasteiger partial charge in [0.1, 0.15) is 0 Å². The molecule has 0 saturated carbocycles. The van der Waals surface area contributed by atoms with Crippen molar-refractivity contribution in [1.82, 2.24) is 0 Å². The molecule has 0 spiro atoms. The van der Waals surface area contributed by atoms with E-state index < -0.39 is 0 Å². The molecule has 0 amide bonds. The second kappa shape index (κ2) is 3.89. The van der Waals surface area contributed by atoms with E-state index in [2.05, 4.69) is 31.4 Å². The van der Waals surface area contributed by atoms with Crippen molar-refractivity contribution in [3.63, 3.8) is 0 Å². The quantitative estimate of drug-likeness (QED) is 0.854. The van der Waals surface area contributed by atoms with Crippen LogP contribution in [0.5, 0.6) is 0 Å². The van der Waals surface area contributed by atoms with Gasteiger partial charge in [0.2, 0.25) is 0 Å². The lowest BCUT2D eigenvalue weighted by molar-refractivity contribution is -0.0767. The molecule has 15 heavy (non-hydrogen) atoms. The minimum Gasteiger partial charge on any atom is -0.379 e. The van der Waals surface area contributed by atoms with Gasteiger partial charge in [0.05, 0.1) is 18.6 Å². The number of rotatable bonds is 4. The van der Waals surface area contributed by atoms with E-state index in [0.717, 1.165) is 26.2 Å². The minimum atomic E-state index is 0.202. The van der Waals surface area contributed by atoms with Crippen LogP contribution in [0, 0.1) is 5.41 Å². The molecular weight excluding hydrogens is 206 g/mol. The molecule has 1 fully saturated rings. The second-order valence-corrected chi connectivity index (χ2v) is 6.24. The van der Waals surface area contributed by atoms with E-state index >= 15 is 0 Å². The highest BCUT2D eigenvalue weighted by molar-refractivity contribution is 7.10. The maximum absolute atomic E-state index is 5.81. The predicted octanol–water partition coefficient (Wildman–Crippen LogP) is 2.39. The molecule has 2 rings (SSSR count). The van der Waals surface area contributed by atoms with Crippen molar-refractivity contribution in [2.45, 2.75) is 25.7 Å². The Bertz CT molecular complexity index is 314. The maximum Gasteiger partial charge on any atom is 0.0593 e. The highest BCUT2D eigenvalue weighted by Crippen LogP contribution is 2.43. The summed E-state index contributed by atoms with van der Waals surface area (Å²) in [7, 11) is 0. The highest BCUT2D eigenvalue weighted by Gasteiger charge is 2.44. The Kier molecular flexibility index (Phi) is 2.88. The monoisotopic (exact) mass is 225 g/mol. The number of ether oxygens (including phenoxy) is 1. The molecular formula is C12H19NOS. The molecule has 0 unspecified atom stereocenters. The Morgan fingerprint density at radius 1 is 1.53 bits per heavy atom. The Morgan fingerprint density at radius 2 is 2.27 bits per heavy atom. The average Bonchev–Trinajstić information content (AvgIpc) is 2.64. The van der Waals surface area contributed by atoms with E-state index in [4.69, 9.17) is 10.5 Å². The van der Waals surface area contributed by atoms with Crippen molar-refractivity contribution in [3.8, 4) is 0 Å². The first kappa shape index (κ1) is 11.1. The number of thiophene rings is 1. The fourth-order valence-electron chi connectivity index (χ4n) is 2.25. The van der Waals surface area contributed by atoms with Gasteiger partial charge < -0.3 is 10.5 Å². The number of nitrogens with two attached hydrogens (primary N) is 1. The molecule has 2 heterocycles. The van der Waals surface area contributed by atoms with Gasteiger partial charge in [-0.3, -0.25) is 0 Å². The lowest BCUT2D eigenvalue weighted by Crippen LogP contribution is -2.50.